The maximum absolute atomic E-state index is 9.10. The van der Waals surface area contributed by atoms with Crippen LogP contribution in [0.5, 0.6) is 5.75 Å². The second-order valence-electron chi connectivity index (χ2n) is 5.07. The lowest BCUT2D eigenvalue weighted by atomic mass is 10.1. The summed E-state index contributed by atoms with van der Waals surface area (Å²) < 4.78 is 11.1. The van der Waals surface area contributed by atoms with E-state index in [-0.39, 0.29) is 12.7 Å². The van der Waals surface area contributed by atoms with Crippen molar-refractivity contribution in [3.63, 3.8) is 0 Å². The van der Waals surface area contributed by atoms with E-state index in [1.54, 1.807) is 7.11 Å². The molecular weight excluding hydrogens is 242 g/mol. The van der Waals surface area contributed by atoms with Crippen molar-refractivity contribution in [1.82, 2.24) is 4.90 Å². The van der Waals surface area contributed by atoms with Crippen molar-refractivity contribution in [2.75, 3.05) is 40.0 Å². The van der Waals surface area contributed by atoms with Crippen molar-refractivity contribution in [2.45, 2.75) is 19.4 Å². The van der Waals surface area contributed by atoms with Crippen LogP contribution >= 0.6 is 0 Å². The summed E-state index contributed by atoms with van der Waals surface area (Å²) >= 11 is 0. The van der Waals surface area contributed by atoms with Crippen LogP contribution in [-0.2, 0) is 11.2 Å². The second-order valence-corrected chi connectivity index (χ2v) is 5.07. The Balaban J connectivity index is 1.90. The van der Waals surface area contributed by atoms with Gasteiger partial charge in [0.1, 0.15) is 11.9 Å². The van der Waals surface area contributed by atoms with Gasteiger partial charge in [0.2, 0.25) is 0 Å². The Kier molecular flexibility index (Phi) is 5.19. The molecule has 0 spiro atoms. The average molecular weight is 265 g/mol. The van der Waals surface area contributed by atoms with E-state index in [2.05, 4.69) is 30.0 Å². The Morgan fingerprint density at radius 1 is 1.42 bits per heavy atom. The molecule has 2 rings (SSSR count). The van der Waals surface area contributed by atoms with Gasteiger partial charge in [-0.3, -0.25) is 4.90 Å². The summed E-state index contributed by atoms with van der Waals surface area (Å²) in [5.41, 5.74) is 2.57. The van der Waals surface area contributed by atoms with Crippen LogP contribution in [0, 0.1) is 6.92 Å². The minimum atomic E-state index is 0.169. The highest BCUT2D eigenvalue weighted by atomic mass is 16.5. The van der Waals surface area contributed by atoms with E-state index in [0.717, 1.165) is 25.3 Å². The fourth-order valence-electron chi connectivity index (χ4n) is 2.50. The molecule has 19 heavy (non-hydrogen) atoms. The molecule has 1 aromatic carbocycles. The first-order chi connectivity index (χ1) is 9.22. The lowest BCUT2D eigenvalue weighted by Crippen LogP contribution is -2.38. The van der Waals surface area contributed by atoms with E-state index in [1.807, 2.05) is 0 Å². The van der Waals surface area contributed by atoms with Crippen LogP contribution in [0.1, 0.15) is 11.1 Å². The zero-order chi connectivity index (χ0) is 13.7. The fourth-order valence-corrected chi connectivity index (χ4v) is 2.50. The number of benzene rings is 1. The molecule has 4 nitrogen and oxygen atoms in total. The van der Waals surface area contributed by atoms with Gasteiger partial charge in [0.25, 0.3) is 0 Å². The van der Waals surface area contributed by atoms with Crippen molar-refractivity contribution in [3.05, 3.63) is 29.3 Å². The summed E-state index contributed by atoms with van der Waals surface area (Å²) in [4.78, 5) is 2.19. The third-order valence-electron chi connectivity index (χ3n) is 3.45. The number of methoxy groups -OCH3 is 1. The fraction of sp³-hybridized carbons (Fsp3) is 0.600. The molecule has 0 bridgehead atoms. The van der Waals surface area contributed by atoms with Crippen molar-refractivity contribution in [2.24, 2.45) is 0 Å². The van der Waals surface area contributed by atoms with Crippen LogP contribution < -0.4 is 4.74 Å². The molecule has 1 unspecified atom stereocenters. The van der Waals surface area contributed by atoms with Gasteiger partial charge in [-0.1, -0.05) is 17.7 Å². The summed E-state index contributed by atoms with van der Waals surface area (Å²) in [5, 5.41) is 9.10. The number of aryl methyl sites for hydroxylation is 1. The predicted octanol–water partition coefficient (Wildman–Crippen LogP) is 1.24. The monoisotopic (exact) mass is 265 g/mol. The van der Waals surface area contributed by atoms with Gasteiger partial charge < -0.3 is 14.6 Å². The van der Waals surface area contributed by atoms with Gasteiger partial charge in [-0.25, -0.2) is 0 Å². The van der Waals surface area contributed by atoms with E-state index in [9.17, 15) is 0 Å². The smallest absolute Gasteiger partial charge is 0.123 e. The van der Waals surface area contributed by atoms with Crippen molar-refractivity contribution >= 4 is 0 Å². The third kappa shape index (κ3) is 3.93. The minimum absolute atomic E-state index is 0.169. The Hall–Kier alpha value is -1.10. The maximum Gasteiger partial charge on any atom is 0.123 e. The molecule has 0 saturated heterocycles. The molecular formula is C15H23NO3. The molecule has 1 aromatic rings. The van der Waals surface area contributed by atoms with Gasteiger partial charge >= 0.3 is 0 Å². The number of hydrogen-bond acceptors (Lipinski definition) is 4. The van der Waals surface area contributed by atoms with Crippen molar-refractivity contribution in [1.29, 1.82) is 0 Å². The van der Waals surface area contributed by atoms with E-state index in [0.29, 0.717) is 13.2 Å². The van der Waals surface area contributed by atoms with Crippen LogP contribution in [0.25, 0.3) is 0 Å². The van der Waals surface area contributed by atoms with Crippen LogP contribution in [0.15, 0.2) is 18.2 Å². The van der Waals surface area contributed by atoms with Gasteiger partial charge in [0.05, 0.1) is 13.2 Å². The zero-order valence-electron chi connectivity index (χ0n) is 11.8. The Morgan fingerprint density at radius 2 is 2.26 bits per heavy atom. The number of aliphatic hydroxyl groups excluding tert-OH is 1. The first-order valence-corrected chi connectivity index (χ1v) is 6.81. The van der Waals surface area contributed by atoms with Gasteiger partial charge in [0.15, 0.2) is 0 Å². The molecule has 0 amide bonds. The standard InChI is InChI=1S/C15H23NO3/c1-12-3-4-15-13(9-12)10-14(19-15)11-16(5-7-17)6-8-18-2/h3-4,9,14,17H,5-8,10-11H2,1-2H3. The van der Waals surface area contributed by atoms with Crippen LogP contribution in [0.2, 0.25) is 0 Å². The van der Waals surface area contributed by atoms with Crippen LogP contribution in [0.3, 0.4) is 0 Å². The molecule has 1 atom stereocenters. The molecule has 4 heteroatoms. The number of hydrogen-bond donors (Lipinski definition) is 1. The number of aliphatic hydroxyl groups is 1. The number of ether oxygens (including phenoxy) is 2. The SMILES string of the molecule is COCCN(CCO)CC1Cc2cc(C)ccc2O1. The molecule has 1 aliphatic rings. The molecule has 1 aliphatic heterocycles. The summed E-state index contributed by atoms with van der Waals surface area (Å²) in [7, 11) is 1.70. The van der Waals surface area contributed by atoms with E-state index in [4.69, 9.17) is 14.6 Å². The Labute approximate surface area is 114 Å². The highest BCUT2D eigenvalue weighted by Gasteiger charge is 2.24. The molecule has 1 heterocycles. The summed E-state index contributed by atoms with van der Waals surface area (Å²) in [6, 6.07) is 6.33. The Morgan fingerprint density at radius 3 is 3.00 bits per heavy atom. The first kappa shape index (κ1) is 14.3. The average Bonchev–Trinajstić information content (AvgIpc) is 2.77. The molecule has 0 fully saturated rings. The summed E-state index contributed by atoms with van der Waals surface area (Å²) in [6.45, 7) is 5.27. The molecule has 0 radical (unpaired) electrons. The Bertz CT molecular complexity index is 408. The van der Waals surface area contributed by atoms with Gasteiger partial charge in [-0.2, -0.15) is 0 Å². The minimum Gasteiger partial charge on any atom is -0.488 e. The molecule has 0 aliphatic carbocycles. The van der Waals surface area contributed by atoms with Gasteiger partial charge in [-0.15, -0.1) is 0 Å². The second kappa shape index (κ2) is 6.89. The highest BCUT2D eigenvalue weighted by molar-refractivity contribution is 5.40. The van der Waals surface area contributed by atoms with Crippen LogP contribution in [0.4, 0.5) is 0 Å². The number of rotatable bonds is 7. The maximum atomic E-state index is 9.10. The molecule has 1 N–H and O–H groups in total. The summed E-state index contributed by atoms with van der Waals surface area (Å²) in [5.74, 6) is 1.01. The highest BCUT2D eigenvalue weighted by Crippen LogP contribution is 2.29. The lowest BCUT2D eigenvalue weighted by Gasteiger charge is -2.24. The van der Waals surface area contributed by atoms with Crippen molar-refractivity contribution in [3.8, 4) is 5.75 Å². The molecule has 0 aromatic heterocycles. The normalized spacial score (nSPS) is 17.6. The first-order valence-electron chi connectivity index (χ1n) is 6.81. The van der Waals surface area contributed by atoms with Crippen LogP contribution in [-0.4, -0.2) is 56.1 Å². The molecule has 0 saturated carbocycles. The van der Waals surface area contributed by atoms with Crippen molar-refractivity contribution < 1.29 is 14.6 Å². The third-order valence-corrected chi connectivity index (χ3v) is 3.45. The van der Waals surface area contributed by atoms with E-state index >= 15 is 0 Å². The number of fused-ring (bicyclic) bond motifs is 1. The van der Waals surface area contributed by atoms with E-state index < -0.39 is 0 Å². The zero-order valence-corrected chi connectivity index (χ0v) is 11.8. The predicted molar refractivity (Wildman–Crippen MR) is 74.7 cm³/mol. The van der Waals surface area contributed by atoms with E-state index in [1.165, 1.54) is 11.1 Å². The van der Waals surface area contributed by atoms with Gasteiger partial charge in [0, 0.05) is 33.2 Å². The summed E-state index contributed by atoms with van der Waals surface area (Å²) in [6.07, 6.45) is 1.13. The largest absolute Gasteiger partial charge is 0.488 e. The quantitative estimate of drug-likeness (QED) is 0.805. The topological polar surface area (TPSA) is 41.9 Å². The molecule has 106 valence electrons. The number of nitrogens with zero attached hydrogens (tertiary/aromatic N) is 1. The lowest BCUT2D eigenvalue weighted by molar-refractivity contribution is 0.0969. The van der Waals surface area contributed by atoms with Gasteiger partial charge in [-0.05, 0) is 18.6 Å².